The number of aryl methyl sites for hydroxylation is 1. The van der Waals surface area contributed by atoms with E-state index in [4.69, 9.17) is 4.52 Å². The van der Waals surface area contributed by atoms with Crippen molar-refractivity contribution in [3.05, 3.63) is 59.8 Å². The van der Waals surface area contributed by atoms with Crippen molar-refractivity contribution in [3.8, 4) is 0 Å². The van der Waals surface area contributed by atoms with Gasteiger partial charge in [0.1, 0.15) is 5.82 Å². The number of anilines is 1. The van der Waals surface area contributed by atoms with E-state index in [-0.39, 0.29) is 23.3 Å². The Hall–Kier alpha value is -2.35. The van der Waals surface area contributed by atoms with Gasteiger partial charge in [-0.05, 0) is 25.0 Å². The van der Waals surface area contributed by atoms with Gasteiger partial charge in [0.2, 0.25) is 5.89 Å². The highest BCUT2D eigenvalue weighted by molar-refractivity contribution is 9.10. The fourth-order valence-electron chi connectivity index (χ4n) is 2.66. The first-order valence-electron chi connectivity index (χ1n) is 10.2. The molecule has 2 aromatic rings. The zero-order chi connectivity index (χ0) is 23.4. The van der Waals surface area contributed by atoms with Crippen molar-refractivity contribution in [1.82, 2.24) is 15.1 Å². The summed E-state index contributed by atoms with van der Waals surface area (Å²) in [6.07, 6.45) is 4.90. The maximum Gasteiger partial charge on any atom is 0.254 e. The van der Waals surface area contributed by atoms with Crippen LogP contribution in [0.25, 0.3) is 0 Å². The van der Waals surface area contributed by atoms with Crippen molar-refractivity contribution in [2.75, 3.05) is 18.1 Å². The van der Waals surface area contributed by atoms with Crippen LogP contribution in [-0.2, 0) is 16.6 Å². The van der Waals surface area contributed by atoms with Gasteiger partial charge in [-0.15, -0.1) is 13.2 Å². The molecule has 0 unspecified atom stereocenters. The Morgan fingerprint density at radius 2 is 1.97 bits per heavy atom. The minimum absolute atomic E-state index is 0.0251. The molecule has 0 atom stereocenters. The largest absolute Gasteiger partial charge is 0.339 e. The fourth-order valence-corrected chi connectivity index (χ4v) is 2.99. The molecule has 31 heavy (non-hydrogen) atoms. The molecule has 0 aliphatic heterocycles. The molecule has 170 valence electrons. The lowest BCUT2D eigenvalue weighted by molar-refractivity contribution is -0.115. The van der Waals surface area contributed by atoms with E-state index in [0.717, 1.165) is 30.2 Å². The highest BCUT2D eigenvalue weighted by Crippen LogP contribution is 2.21. The van der Waals surface area contributed by atoms with Crippen LogP contribution in [0.5, 0.6) is 0 Å². The number of hydrogen-bond donors (Lipinski definition) is 0. The standard InChI is InChI=1S/C21H28BrFN4O2.C2H4/c1-15(9-11-23)19(28)27(18-14-16(22)10-12-24-18)13-7-5-6-8-17-25-20(29-26-17)21(2,3)4;1-2/h10,12,14H,1,5-9,11,13H2,2-4H3;1-2H2. The number of carbonyl (C=O) groups is 1. The molecule has 0 bridgehead atoms. The van der Waals surface area contributed by atoms with Crippen LogP contribution in [0.3, 0.4) is 0 Å². The molecule has 0 N–H and O–H groups in total. The van der Waals surface area contributed by atoms with Gasteiger partial charge in [-0.2, -0.15) is 4.98 Å². The van der Waals surface area contributed by atoms with Gasteiger partial charge < -0.3 is 4.52 Å². The maximum atomic E-state index is 12.7. The van der Waals surface area contributed by atoms with Crippen molar-refractivity contribution in [2.45, 2.75) is 58.3 Å². The van der Waals surface area contributed by atoms with E-state index in [1.165, 1.54) is 0 Å². The molecule has 0 aliphatic rings. The van der Waals surface area contributed by atoms with Crippen LogP contribution in [0.15, 0.2) is 52.6 Å². The van der Waals surface area contributed by atoms with Gasteiger partial charge in [-0.3, -0.25) is 14.1 Å². The minimum Gasteiger partial charge on any atom is -0.339 e. The van der Waals surface area contributed by atoms with E-state index in [2.05, 4.69) is 50.8 Å². The number of nitrogens with zero attached hydrogens (tertiary/aromatic N) is 4. The highest BCUT2D eigenvalue weighted by atomic mass is 79.9. The van der Waals surface area contributed by atoms with Gasteiger partial charge in [0.25, 0.3) is 5.91 Å². The summed E-state index contributed by atoms with van der Waals surface area (Å²) in [5.41, 5.74) is 0.0845. The molecule has 0 fully saturated rings. The van der Waals surface area contributed by atoms with E-state index in [0.29, 0.717) is 24.1 Å². The Labute approximate surface area is 192 Å². The summed E-state index contributed by atoms with van der Waals surface area (Å²) in [6.45, 7) is 15.7. The quantitative estimate of drug-likeness (QED) is 0.230. The summed E-state index contributed by atoms with van der Waals surface area (Å²) in [7, 11) is 0. The molecule has 0 saturated carbocycles. The number of aromatic nitrogens is 3. The predicted molar refractivity (Wildman–Crippen MR) is 126 cm³/mol. The third-order valence-corrected chi connectivity index (χ3v) is 4.81. The van der Waals surface area contributed by atoms with E-state index >= 15 is 0 Å². The van der Waals surface area contributed by atoms with Crippen LogP contribution in [0.2, 0.25) is 0 Å². The molecule has 0 aromatic carbocycles. The molecule has 0 saturated heterocycles. The Morgan fingerprint density at radius 3 is 2.55 bits per heavy atom. The van der Waals surface area contributed by atoms with Gasteiger partial charge in [0.15, 0.2) is 5.82 Å². The molecule has 0 spiro atoms. The van der Waals surface area contributed by atoms with Crippen molar-refractivity contribution < 1.29 is 13.7 Å². The Balaban J connectivity index is 0.00000233. The van der Waals surface area contributed by atoms with Gasteiger partial charge in [-0.25, -0.2) is 4.98 Å². The van der Waals surface area contributed by atoms with Crippen LogP contribution in [-0.4, -0.2) is 34.3 Å². The molecule has 2 aromatic heterocycles. The van der Waals surface area contributed by atoms with Crippen molar-refractivity contribution >= 4 is 27.7 Å². The summed E-state index contributed by atoms with van der Waals surface area (Å²) in [5, 5.41) is 4.03. The molecule has 2 heterocycles. The number of amides is 1. The summed E-state index contributed by atoms with van der Waals surface area (Å²) in [5.74, 6) is 1.57. The number of pyridine rings is 1. The highest BCUT2D eigenvalue weighted by Gasteiger charge is 2.22. The van der Waals surface area contributed by atoms with Gasteiger partial charge in [0.05, 0.1) is 6.67 Å². The lowest BCUT2D eigenvalue weighted by Crippen LogP contribution is -2.33. The maximum absolute atomic E-state index is 12.7. The molecule has 0 aliphatic carbocycles. The van der Waals surface area contributed by atoms with E-state index in [1.54, 1.807) is 23.2 Å². The molecule has 1 amide bonds. The average Bonchev–Trinajstić information content (AvgIpc) is 3.21. The second-order valence-electron chi connectivity index (χ2n) is 7.91. The number of halogens is 2. The lowest BCUT2D eigenvalue weighted by atomic mass is 9.97. The summed E-state index contributed by atoms with van der Waals surface area (Å²) < 4.78 is 18.8. The van der Waals surface area contributed by atoms with Crippen LogP contribution < -0.4 is 4.90 Å². The van der Waals surface area contributed by atoms with Crippen LogP contribution in [0.1, 0.15) is 58.2 Å². The third kappa shape index (κ3) is 8.73. The number of hydrogen-bond acceptors (Lipinski definition) is 5. The average molecular weight is 495 g/mol. The van der Waals surface area contributed by atoms with Gasteiger partial charge in [-0.1, -0.05) is 54.9 Å². The normalized spacial score (nSPS) is 10.9. The summed E-state index contributed by atoms with van der Waals surface area (Å²) in [6, 6.07) is 3.56. The van der Waals surface area contributed by atoms with Crippen LogP contribution in [0, 0.1) is 0 Å². The van der Waals surface area contributed by atoms with Crippen LogP contribution >= 0.6 is 15.9 Å². The first kappa shape index (κ1) is 26.7. The van der Waals surface area contributed by atoms with Gasteiger partial charge in [0, 0.05) is 41.0 Å². The lowest BCUT2D eigenvalue weighted by Gasteiger charge is -2.22. The molecule has 8 heteroatoms. The van der Waals surface area contributed by atoms with E-state index in [1.807, 2.05) is 20.8 Å². The SMILES string of the molecule is C=C.C=C(CCF)C(=O)N(CCCCCc1noc(C(C)(C)C)n1)c1cc(Br)ccn1. The molecular formula is C23H32BrFN4O2. The zero-order valence-corrected chi connectivity index (χ0v) is 20.3. The summed E-state index contributed by atoms with van der Waals surface area (Å²) in [4.78, 5) is 23.0. The van der Waals surface area contributed by atoms with E-state index < -0.39 is 6.67 Å². The van der Waals surface area contributed by atoms with Crippen molar-refractivity contribution in [1.29, 1.82) is 0 Å². The monoisotopic (exact) mass is 494 g/mol. The fraction of sp³-hybridized carbons (Fsp3) is 0.478. The number of carbonyl (C=O) groups excluding carboxylic acids is 1. The molecular weight excluding hydrogens is 463 g/mol. The van der Waals surface area contributed by atoms with Crippen molar-refractivity contribution in [3.63, 3.8) is 0 Å². The number of rotatable bonds is 10. The second kappa shape index (κ2) is 13.1. The third-order valence-electron chi connectivity index (χ3n) is 4.32. The van der Waals surface area contributed by atoms with Crippen molar-refractivity contribution in [2.24, 2.45) is 0 Å². The zero-order valence-electron chi connectivity index (χ0n) is 18.7. The second-order valence-corrected chi connectivity index (χ2v) is 8.82. The Bertz CT molecular complexity index is 848. The first-order chi connectivity index (χ1) is 14.7. The Kier molecular flexibility index (Phi) is 11.3. The topological polar surface area (TPSA) is 72.1 Å². The molecule has 2 rings (SSSR count). The molecule has 6 nitrogen and oxygen atoms in total. The Morgan fingerprint density at radius 1 is 1.26 bits per heavy atom. The van der Waals surface area contributed by atoms with E-state index in [9.17, 15) is 9.18 Å². The predicted octanol–water partition coefficient (Wildman–Crippen LogP) is 5.99. The smallest absolute Gasteiger partial charge is 0.254 e. The van der Waals surface area contributed by atoms with Crippen LogP contribution in [0.4, 0.5) is 10.2 Å². The van der Waals surface area contributed by atoms with Gasteiger partial charge >= 0.3 is 0 Å². The summed E-state index contributed by atoms with van der Waals surface area (Å²) >= 11 is 3.40. The number of unbranched alkanes of at least 4 members (excludes halogenated alkanes) is 2. The minimum atomic E-state index is -0.606. The molecule has 0 radical (unpaired) electrons. The first-order valence-corrected chi connectivity index (χ1v) is 11.0. The number of alkyl halides is 1.